The van der Waals surface area contributed by atoms with Gasteiger partial charge in [0.1, 0.15) is 5.76 Å². The van der Waals surface area contributed by atoms with Gasteiger partial charge in [0.25, 0.3) is 11.6 Å². The van der Waals surface area contributed by atoms with Gasteiger partial charge in [-0.25, -0.2) is 0 Å². The topological polar surface area (TPSA) is 85.4 Å². The van der Waals surface area contributed by atoms with Crippen molar-refractivity contribution in [1.29, 1.82) is 0 Å². The van der Waals surface area contributed by atoms with Crippen LogP contribution in [0.25, 0.3) is 11.3 Å². The third-order valence-corrected chi connectivity index (χ3v) is 3.11. The van der Waals surface area contributed by atoms with Crippen LogP contribution < -0.4 is 5.32 Å². The Morgan fingerprint density at radius 2 is 2.00 bits per heavy atom. The highest BCUT2D eigenvalue weighted by Crippen LogP contribution is 2.31. The lowest BCUT2D eigenvalue weighted by Gasteiger charge is -2.00. The van der Waals surface area contributed by atoms with E-state index in [-0.39, 0.29) is 23.4 Å². The first kappa shape index (κ1) is 12.4. The van der Waals surface area contributed by atoms with Gasteiger partial charge in [-0.1, -0.05) is 12.1 Å². The van der Waals surface area contributed by atoms with E-state index in [0.29, 0.717) is 11.3 Å². The summed E-state index contributed by atoms with van der Waals surface area (Å²) in [4.78, 5) is 22.3. The van der Waals surface area contributed by atoms with Gasteiger partial charge >= 0.3 is 0 Å². The maximum atomic E-state index is 11.8. The molecule has 0 saturated heterocycles. The van der Waals surface area contributed by atoms with Crippen LogP contribution >= 0.6 is 0 Å². The Hall–Kier alpha value is -2.63. The molecule has 0 radical (unpaired) electrons. The number of carbonyl (C=O) groups is 1. The molecule has 1 amide bonds. The van der Waals surface area contributed by atoms with Crippen LogP contribution in [0.2, 0.25) is 0 Å². The molecule has 6 nitrogen and oxygen atoms in total. The third-order valence-electron chi connectivity index (χ3n) is 3.11. The molecule has 20 heavy (non-hydrogen) atoms. The van der Waals surface area contributed by atoms with Gasteiger partial charge in [0.2, 0.25) is 0 Å². The van der Waals surface area contributed by atoms with Gasteiger partial charge in [0.05, 0.1) is 10.5 Å². The van der Waals surface area contributed by atoms with Gasteiger partial charge in [-0.05, 0) is 31.0 Å². The number of hydrogen-bond donors (Lipinski definition) is 1. The Morgan fingerprint density at radius 3 is 2.70 bits per heavy atom. The van der Waals surface area contributed by atoms with Gasteiger partial charge in [-0.2, -0.15) is 0 Å². The van der Waals surface area contributed by atoms with Crippen LogP contribution in [0.4, 0.5) is 5.69 Å². The Bertz CT molecular complexity index is 673. The summed E-state index contributed by atoms with van der Waals surface area (Å²) in [7, 11) is 0. The maximum Gasteiger partial charge on any atom is 0.287 e. The van der Waals surface area contributed by atoms with Crippen molar-refractivity contribution >= 4 is 11.6 Å². The molecule has 2 aromatic rings. The van der Waals surface area contributed by atoms with E-state index in [1.807, 2.05) is 0 Å². The Labute approximate surface area is 114 Å². The number of benzene rings is 1. The number of amides is 1. The predicted molar refractivity (Wildman–Crippen MR) is 71.3 cm³/mol. The molecule has 0 atom stereocenters. The van der Waals surface area contributed by atoms with E-state index in [4.69, 9.17) is 4.42 Å². The van der Waals surface area contributed by atoms with Crippen LogP contribution in [-0.4, -0.2) is 16.9 Å². The summed E-state index contributed by atoms with van der Waals surface area (Å²) in [5, 5.41) is 13.8. The van der Waals surface area contributed by atoms with Crippen molar-refractivity contribution in [1.82, 2.24) is 5.32 Å². The number of nitrogens with zero attached hydrogens (tertiary/aromatic N) is 1. The molecule has 102 valence electrons. The summed E-state index contributed by atoms with van der Waals surface area (Å²) < 4.78 is 5.43. The second-order valence-electron chi connectivity index (χ2n) is 4.69. The lowest BCUT2D eigenvalue weighted by Crippen LogP contribution is -2.24. The Morgan fingerprint density at radius 1 is 1.25 bits per heavy atom. The van der Waals surface area contributed by atoms with E-state index in [1.54, 1.807) is 24.3 Å². The van der Waals surface area contributed by atoms with Crippen molar-refractivity contribution in [3.63, 3.8) is 0 Å². The lowest BCUT2D eigenvalue weighted by atomic mass is 10.1. The molecule has 6 heteroatoms. The average molecular weight is 272 g/mol. The molecule has 1 aromatic heterocycles. The molecule has 0 aliphatic heterocycles. The van der Waals surface area contributed by atoms with Gasteiger partial charge in [-0.15, -0.1) is 0 Å². The number of furan rings is 1. The highest BCUT2D eigenvalue weighted by molar-refractivity contribution is 5.92. The molecule has 1 heterocycles. The normalized spacial score (nSPS) is 14.0. The molecule has 1 aromatic carbocycles. The summed E-state index contributed by atoms with van der Waals surface area (Å²) in [6, 6.07) is 9.62. The quantitative estimate of drug-likeness (QED) is 0.685. The molecule has 1 fully saturated rings. The molecule has 0 unspecified atom stereocenters. The summed E-state index contributed by atoms with van der Waals surface area (Å²) in [5.74, 6) is 0.209. The average Bonchev–Trinajstić information content (AvgIpc) is 3.11. The zero-order valence-corrected chi connectivity index (χ0v) is 10.5. The molecule has 0 spiro atoms. The zero-order valence-electron chi connectivity index (χ0n) is 10.5. The van der Waals surface area contributed by atoms with Gasteiger partial charge in [0.15, 0.2) is 5.76 Å². The highest BCUT2D eigenvalue weighted by atomic mass is 16.6. The molecule has 1 aliphatic rings. The van der Waals surface area contributed by atoms with E-state index in [1.165, 1.54) is 12.1 Å². The summed E-state index contributed by atoms with van der Waals surface area (Å²) in [6.07, 6.45) is 1.98. The van der Waals surface area contributed by atoms with E-state index < -0.39 is 4.92 Å². The number of rotatable bonds is 4. The Balaban J connectivity index is 1.89. The SMILES string of the molecule is O=C(NC1CC1)c1ccc(-c2ccccc2[N+](=O)[O-])o1. The number of para-hydroxylation sites is 1. The third kappa shape index (κ3) is 2.40. The first-order valence-electron chi connectivity index (χ1n) is 6.29. The van der Waals surface area contributed by atoms with Crippen molar-refractivity contribution in [2.24, 2.45) is 0 Å². The number of carbonyl (C=O) groups excluding carboxylic acids is 1. The maximum absolute atomic E-state index is 11.8. The van der Waals surface area contributed by atoms with Crippen LogP contribution in [0, 0.1) is 10.1 Å². The molecular formula is C14H12N2O4. The first-order chi connectivity index (χ1) is 9.65. The lowest BCUT2D eigenvalue weighted by molar-refractivity contribution is -0.384. The smallest absolute Gasteiger partial charge is 0.287 e. The second-order valence-corrected chi connectivity index (χ2v) is 4.69. The van der Waals surface area contributed by atoms with E-state index in [0.717, 1.165) is 12.8 Å². The van der Waals surface area contributed by atoms with Crippen molar-refractivity contribution in [3.8, 4) is 11.3 Å². The van der Waals surface area contributed by atoms with Crippen LogP contribution in [0.1, 0.15) is 23.4 Å². The van der Waals surface area contributed by atoms with Crippen LogP contribution in [0.5, 0.6) is 0 Å². The van der Waals surface area contributed by atoms with Gasteiger partial charge in [0, 0.05) is 12.1 Å². The number of hydrogen-bond acceptors (Lipinski definition) is 4. The highest BCUT2D eigenvalue weighted by Gasteiger charge is 2.25. The minimum Gasteiger partial charge on any atom is -0.451 e. The van der Waals surface area contributed by atoms with Crippen molar-refractivity contribution in [2.45, 2.75) is 18.9 Å². The van der Waals surface area contributed by atoms with Crippen LogP contribution in [-0.2, 0) is 0 Å². The van der Waals surface area contributed by atoms with Crippen molar-refractivity contribution in [3.05, 3.63) is 52.3 Å². The molecule has 1 aliphatic carbocycles. The molecule has 3 rings (SSSR count). The summed E-state index contributed by atoms with van der Waals surface area (Å²) in [5.41, 5.74) is 0.318. The standard InChI is InChI=1S/C14H12N2O4/c17-14(15-9-5-6-9)13-8-7-12(20-13)10-3-1-2-4-11(10)16(18)19/h1-4,7-9H,5-6H2,(H,15,17). The largest absolute Gasteiger partial charge is 0.451 e. The van der Waals surface area contributed by atoms with Crippen LogP contribution in [0.15, 0.2) is 40.8 Å². The predicted octanol–water partition coefficient (Wildman–Crippen LogP) is 2.75. The molecule has 1 saturated carbocycles. The van der Waals surface area contributed by atoms with Gasteiger partial charge < -0.3 is 9.73 Å². The summed E-state index contributed by atoms with van der Waals surface area (Å²) in [6.45, 7) is 0. The first-order valence-corrected chi connectivity index (χ1v) is 6.29. The van der Waals surface area contributed by atoms with Crippen molar-refractivity contribution in [2.75, 3.05) is 0 Å². The molecule has 0 bridgehead atoms. The van der Waals surface area contributed by atoms with Gasteiger partial charge in [-0.3, -0.25) is 14.9 Å². The summed E-state index contributed by atoms with van der Waals surface area (Å²) >= 11 is 0. The van der Waals surface area contributed by atoms with Crippen molar-refractivity contribution < 1.29 is 14.1 Å². The molecular weight excluding hydrogens is 260 g/mol. The fourth-order valence-corrected chi connectivity index (χ4v) is 1.93. The number of nitro groups is 1. The fourth-order valence-electron chi connectivity index (χ4n) is 1.93. The van der Waals surface area contributed by atoms with Crippen LogP contribution in [0.3, 0.4) is 0 Å². The van der Waals surface area contributed by atoms with E-state index >= 15 is 0 Å². The minimum absolute atomic E-state index is 0.0454. The minimum atomic E-state index is -0.470. The fraction of sp³-hybridized carbons (Fsp3) is 0.214. The number of nitro benzene ring substituents is 1. The number of nitrogens with one attached hydrogen (secondary N) is 1. The zero-order chi connectivity index (χ0) is 14.1. The van der Waals surface area contributed by atoms with E-state index in [2.05, 4.69) is 5.32 Å². The second kappa shape index (κ2) is 4.80. The van der Waals surface area contributed by atoms with E-state index in [9.17, 15) is 14.9 Å². The monoisotopic (exact) mass is 272 g/mol. The molecule has 1 N–H and O–H groups in total. The Kier molecular flexibility index (Phi) is 2.98.